The summed E-state index contributed by atoms with van der Waals surface area (Å²) in [5.41, 5.74) is 3.41. The van der Waals surface area contributed by atoms with Crippen molar-refractivity contribution in [2.24, 2.45) is 0 Å². The number of nitrogens with zero attached hydrogens (tertiary/aromatic N) is 1. The minimum atomic E-state index is -0.0250. The summed E-state index contributed by atoms with van der Waals surface area (Å²) in [6.45, 7) is 7.08. The molecule has 0 amide bonds. The Kier molecular flexibility index (Phi) is 3.89. The van der Waals surface area contributed by atoms with Crippen LogP contribution in [0.4, 0.5) is 0 Å². The highest BCUT2D eigenvalue weighted by Gasteiger charge is 2.03. The van der Waals surface area contributed by atoms with E-state index in [0.717, 1.165) is 35.1 Å². The van der Waals surface area contributed by atoms with Gasteiger partial charge in [0, 0.05) is 24.8 Å². The topological polar surface area (TPSA) is 57.8 Å². The van der Waals surface area contributed by atoms with Gasteiger partial charge in [-0.3, -0.25) is 9.78 Å². The molecule has 0 radical (unpaired) electrons. The third kappa shape index (κ3) is 2.65. The van der Waals surface area contributed by atoms with Gasteiger partial charge in [-0.1, -0.05) is 13.0 Å². The highest BCUT2D eigenvalue weighted by molar-refractivity contribution is 5.74. The Morgan fingerprint density at radius 2 is 2.33 bits per heavy atom. The molecule has 4 heteroatoms. The number of H-pyrrole nitrogens is 1. The van der Waals surface area contributed by atoms with E-state index in [1.165, 1.54) is 0 Å². The van der Waals surface area contributed by atoms with Crippen LogP contribution in [-0.2, 0) is 13.0 Å². The Morgan fingerprint density at radius 1 is 1.50 bits per heavy atom. The second kappa shape index (κ2) is 5.60. The molecule has 0 saturated heterocycles. The number of aryl methyl sites for hydroxylation is 1. The molecule has 2 aromatic rings. The lowest BCUT2D eigenvalue weighted by Gasteiger charge is -2.05. The van der Waals surface area contributed by atoms with E-state index >= 15 is 0 Å². The molecule has 0 atom stereocenters. The van der Waals surface area contributed by atoms with Crippen LogP contribution < -0.4 is 10.9 Å². The van der Waals surface area contributed by atoms with Crippen LogP contribution in [0.5, 0.6) is 0 Å². The number of pyridine rings is 2. The first-order chi connectivity index (χ1) is 8.74. The molecule has 0 aromatic carbocycles. The molecule has 0 bridgehead atoms. The van der Waals surface area contributed by atoms with Gasteiger partial charge in [0.05, 0.1) is 11.0 Å². The maximum atomic E-state index is 11.7. The van der Waals surface area contributed by atoms with Crippen molar-refractivity contribution in [1.82, 2.24) is 15.3 Å². The van der Waals surface area contributed by atoms with Crippen molar-refractivity contribution < 1.29 is 0 Å². The summed E-state index contributed by atoms with van der Waals surface area (Å²) >= 11 is 0. The first-order valence-electron chi connectivity index (χ1n) is 6.07. The summed E-state index contributed by atoms with van der Waals surface area (Å²) in [6, 6.07) is 3.81. The molecule has 0 fully saturated rings. The van der Waals surface area contributed by atoms with E-state index in [-0.39, 0.29) is 5.56 Å². The second-order valence-corrected chi connectivity index (χ2v) is 4.17. The van der Waals surface area contributed by atoms with Gasteiger partial charge in [-0.2, -0.15) is 0 Å². The molecule has 0 aliphatic heterocycles. The fourth-order valence-corrected chi connectivity index (χ4v) is 1.84. The number of rotatable bonds is 5. The quantitative estimate of drug-likeness (QED) is 0.621. The minimum Gasteiger partial charge on any atom is -0.320 e. The zero-order chi connectivity index (χ0) is 13.0. The molecular weight excluding hydrogens is 226 g/mol. The highest BCUT2D eigenvalue weighted by Crippen LogP contribution is 2.10. The lowest BCUT2D eigenvalue weighted by Crippen LogP contribution is -2.14. The zero-order valence-corrected chi connectivity index (χ0v) is 10.5. The Morgan fingerprint density at radius 3 is 3.06 bits per heavy atom. The van der Waals surface area contributed by atoms with E-state index in [1.807, 2.05) is 31.3 Å². The fraction of sp³-hybridized carbons (Fsp3) is 0.286. The predicted molar refractivity (Wildman–Crippen MR) is 73.6 cm³/mol. The Balaban J connectivity index is 2.33. The van der Waals surface area contributed by atoms with Gasteiger partial charge in [0.2, 0.25) is 0 Å². The highest BCUT2D eigenvalue weighted by atomic mass is 16.1. The third-order valence-electron chi connectivity index (χ3n) is 2.82. The molecule has 94 valence electrons. The summed E-state index contributed by atoms with van der Waals surface area (Å²) in [7, 11) is 0. The summed E-state index contributed by atoms with van der Waals surface area (Å²) < 4.78 is 0. The van der Waals surface area contributed by atoms with Crippen LogP contribution in [-0.4, -0.2) is 16.5 Å². The number of hydrogen-bond acceptors (Lipinski definition) is 3. The second-order valence-electron chi connectivity index (χ2n) is 4.17. The molecule has 2 aromatic heterocycles. The maximum absolute atomic E-state index is 11.7. The molecule has 0 aliphatic carbocycles. The minimum absolute atomic E-state index is 0.0250. The van der Waals surface area contributed by atoms with Crippen LogP contribution in [0, 0.1) is 0 Å². The molecule has 18 heavy (non-hydrogen) atoms. The lowest BCUT2D eigenvalue weighted by atomic mass is 10.1. The SMILES string of the molecule is C=CCNCc1cnc2cc(CC)c(=O)[nH]c2c1. The van der Waals surface area contributed by atoms with Crippen molar-refractivity contribution in [2.45, 2.75) is 19.9 Å². The molecule has 0 unspecified atom stereocenters. The first kappa shape index (κ1) is 12.5. The average Bonchev–Trinajstić information content (AvgIpc) is 2.38. The van der Waals surface area contributed by atoms with Crippen molar-refractivity contribution in [2.75, 3.05) is 6.54 Å². The van der Waals surface area contributed by atoms with E-state index < -0.39 is 0 Å². The van der Waals surface area contributed by atoms with Crippen molar-refractivity contribution in [1.29, 1.82) is 0 Å². The van der Waals surface area contributed by atoms with Crippen LogP contribution in [0.25, 0.3) is 11.0 Å². The van der Waals surface area contributed by atoms with Gasteiger partial charge in [-0.05, 0) is 24.1 Å². The molecule has 0 saturated carbocycles. The van der Waals surface area contributed by atoms with E-state index in [0.29, 0.717) is 6.54 Å². The van der Waals surface area contributed by atoms with Gasteiger partial charge in [0.15, 0.2) is 0 Å². The van der Waals surface area contributed by atoms with Crippen molar-refractivity contribution in [3.05, 3.63) is 52.5 Å². The maximum Gasteiger partial charge on any atom is 0.251 e. The van der Waals surface area contributed by atoms with E-state index in [1.54, 1.807) is 0 Å². The van der Waals surface area contributed by atoms with Crippen LogP contribution in [0.15, 0.2) is 35.8 Å². The summed E-state index contributed by atoms with van der Waals surface area (Å²) in [6.07, 6.45) is 4.36. The van der Waals surface area contributed by atoms with Gasteiger partial charge in [0.25, 0.3) is 5.56 Å². The normalized spacial score (nSPS) is 10.7. The van der Waals surface area contributed by atoms with Crippen LogP contribution in [0.2, 0.25) is 0 Å². The number of aromatic amines is 1. The average molecular weight is 243 g/mol. The summed E-state index contributed by atoms with van der Waals surface area (Å²) in [4.78, 5) is 19.0. The molecule has 0 spiro atoms. The molecule has 2 N–H and O–H groups in total. The zero-order valence-electron chi connectivity index (χ0n) is 10.5. The van der Waals surface area contributed by atoms with Crippen LogP contribution in [0.3, 0.4) is 0 Å². The third-order valence-corrected chi connectivity index (χ3v) is 2.82. The van der Waals surface area contributed by atoms with Gasteiger partial charge in [0.1, 0.15) is 0 Å². The van der Waals surface area contributed by atoms with Gasteiger partial charge in [-0.25, -0.2) is 0 Å². The molecule has 4 nitrogen and oxygen atoms in total. The molecule has 0 aliphatic rings. The Labute approximate surface area is 106 Å². The van der Waals surface area contributed by atoms with Gasteiger partial charge >= 0.3 is 0 Å². The van der Waals surface area contributed by atoms with Gasteiger partial charge < -0.3 is 10.3 Å². The number of aromatic nitrogens is 2. The van der Waals surface area contributed by atoms with Crippen molar-refractivity contribution in [3.8, 4) is 0 Å². The van der Waals surface area contributed by atoms with E-state index in [9.17, 15) is 4.79 Å². The van der Waals surface area contributed by atoms with Crippen molar-refractivity contribution >= 4 is 11.0 Å². The van der Waals surface area contributed by atoms with Gasteiger partial charge in [-0.15, -0.1) is 6.58 Å². The fourth-order valence-electron chi connectivity index (χ4n) is 1.84. The van der Waals surface area contributed by atoms with E-state index in [2.05, 4.69) is 21.9 Å². The number of hydrogen-bond donors (Lipinski definition) is 2. The smallest absolute Gasteiger partial charge is 0.251 e. The standard InChI is InChI=1S/C14H17N3O/c1-3-5-15-8-10-6-13-12(16-9-10)7-11(4-2)14(18)17-13/h3,6-7,9,15H,1,4-5,8H2,2H3,(H,17,18). The first-order valence-corrected chi connectivity index (χ1v) is 6.07. The monoisotopic (exact) mass is 243 g/mol. The molecule has 2 rings (SSSR count). The largest absolute Gasteiger partial charge is 0.320 e. The Hall–Kier alpha value is -1.94. The predicted octanol–water partition coefficient (Wildman–Crippen LogP) is 1.76. The number of fused-ring (bicyclic) bond motifs is 1. The van der Waals surface area contributed by atoms with Crippen LogP contribution in [0.1, 0.15) is 18.1 Å². The lowest BCUT2D eigenvalue weighted by molar-refractivity contribution is 0.758. The summed E-state index contributed by atoms with van der Waals surface area (Å²) in [5.74, 6) is 0. The van der Waals surface area contributed by atoms with Crippen molar-refractivity contribution in [3.63, 3.8) is 0 Å². The Bertz CT molecular complexity index is 616. The molecular formula is C14H17N3O. The molecule has 2 heterocycles. The van der Waals surface area contributed by atoms with Crippen LogP contribution >= 0.6 is 0 Å². The van der Waals surface area contributed by atoms with E-state index in [4.69, 9.17) is 0 Å². The number of nitrogens with one attached hydrogen (secondary N) is 2. The summed E-state index contributed by atoms with van der Waals surface area (Å²) in [5, 5.41) is 3.20.